The van der Waals surface area contributed by atoms with Gasteiger partial charge in [-0.05, 0) is 50.4 Å². The average molecular weight is 266 g/mol. The number of rotatable bonds is 4. The van der Waals surface area contributed by atoms with Gasteiger partial charge in [0.15, 0.2) is 0 Å². The van der Waals surface area contributed by atoms with Gasteiger partial charge in [0.05, 0.1) is 0 Å². The molecule has 4 heteroatoms. The van der Waals surface area contributed by atoms with E-state index >= 15 is 0 Å². The Hall–Kier alpha value is -0.610. The maximum Gasteiger partial charge on any atom is 0.222 e. The minimum absolute atomic E-state index is 0.254. The summed E-state index contributed by atoms with van der Waals surface area (Å²) < 4.78 is 0. The van der Waals surface area contributed by atoms with E-state index in [1.807, 2.05) is 4.90 Å². The Morgan fingerprint density at radius 3 is 2.58 bits per heavy atom. The Labute approximate surface area is 115 Å². The zero-order chi connectivity index (χ0) is 13.2. The van der Waals surface area contributed by atoms with Gasteiger partial charge in [0.25, 0.3) is 0 Å². The van der Waals surface area contributed by atoms with E-state index in [0.29, 0.717) is 29.8 Å². The van der Waals surface area contributed by atoms with Crippen LogP contribution >= 0.6 is 0 Å². The lowest BCUT2D eigenvalue weighted by Crippen LogP contribution is -2.40. The number of aliphatic hydroxyl groups is 1. The van der Waals surface area contributed by atoms with Crippen molar-refractivity contribution in [3.05, 3.63) is 0 Å². The zero-order valence-electron chi connectivity index (χ0n) is 11.7. The number of amides is 1. The van der Waals surface area contributed by atoms with Gasteiger partial charge in [-0.15, -0.1) is 0 Å². The third-order valence-corrected chi connectivity index (χ3v) is 5.21. The molecule has 0 radical (unpaired) electrons. The number of fused-ring (bicyclic) bond motifs is 2. The molecule has 3 fully saturated rings. The summed E-state index contributed by atoms with van der Waals surface area (Å²) in [6.07, 6.45) is 7.66. The molecule has 0 aromatic carbocycles. The summed E-state index contributed by atoms with van der Waals surface area (Å²) in [5.74, 6) is 1.48. The van der Waals surface area contributed by atoms with Crippen LogP contribution in [0.25, 0.3) is 0 Å². The molecule has 1 amide bonds. The number of hydrogen-bond acceptors (Lipinski definition) is 3. The molecule has 0 aromatic heterocycles. The van der Waals surface area contributed by atoms with Crippen LogP contribution in [0, 0.1) is 11.8 Å². The molecule has 108 valence electrons. The van der Waals surface area contributed by atoms with E-state index in [4.69, 9.17) is 5.11 Å². The van der Waals surface area contributed by atoms with Gasteiger partial charge in [0.1, 0.15) is 0 Å². The molecule has 3 rings (SSSR count). The van der Waals surface area contributed by atoms with Crippen LogP contribution in [-0.4, -0.2) is 47.7 Å². The lowest BCUT2D eigenvalue weighted by molar-refractivity contribution is -0.131. The van der Waals surface area contributed by atoms with E-state index in [2.05, 4.69) is 5.32 Å². The molecule has 0 aromatic rings. The molecule has 3 aliphatic rings. The fourth-order valence-corrected chi connectivity index (χ4v) is 4.20. The van der Waals surface area contributed by atoms with E-state index in [1.54, 1.807) is 0 Å². The molecule has 3 heterocycles. The van der Waals surface area contributed by atoms with Crippen molar-refractivity contribution in [2.75, 3.05) is 19.7 Å². The summed E-state index contributed by atoms with van der Waals surface area (Å²) in [5.41, 5.74) is 0. The van der Waals surface area contributed by atoms with Crippen molar-refractivity contribution in [2.24, 2.45) is 11.8 Å². The average Bonchev–Trinajstić information content (AvgIpc) is 2.97. The van der Waals surface area contributed by atoms with Crippen molar-refractivity contribution in [1.82, 2.24) is 10.2 Å². The second-order valence-corrected chi connectivity index (χ2v) is 6.69. The lowest BCUT2D eigenvalue weighted by Gasteiger charge is -2.30. The monoisotopic (exact) mass is 266 g/mol. The van der Waals surface area contributed by atoms with Gasteiger partial charge in [0, 0.05) is 38.2 Å². The summed E-state index contributed by atoms with van der Waals surface area (Å²) in [6, 6.07) is 1.36. The Balaban J connectivity index is 1.46. The Kier molecular flexibility index (Phi) is 4.08. The summed E-state index contributed by atoms with van der Waals surface area (Å²) in [5, 5.41) is 12.6. The number of nitrogens with zero attached hydrogens (tertiary/aromatic N) is 1. The van der Waals surface area contributed by atoms with E-state index < -0.39 is 0 Å². The fraction of sp³-hybridized carbons (Fsp3) is 0.933. The minimum atomic E-state index is 0.254. The molecular weight excluding hydrogens is 240 g/mol. The molecule has 0 aliphatic carbocycles. The highest BCUT2D eigenvalue weighted by atomic mass is 16.3. The molecule has 3 unspecified atom stereocenters. The van der Waals surface area contributed by atoms with E-state index in [-0.39, 0.29) is 6.61 Å². The van der Waals surface area contributed by atoms with Gasteiger partial charge in [-0.3, -0.25) is 4.79 Å². The Morgan fingerprint density at radius 1 is 1.16 bits per heavy atom. The molecule has 4 nitrogen and oxygen atoms in total. The first-order valence-electron chi connectivity index (χ1n) is 7.89. The topological polar surface area (TPSA) is 52.6 Å². The highest BCUT2D eigenvalue weighted by Crippen LogP contribution is 2.33. The van der Waals surface area contributed by atoms with Crippen LogP contribution in [0.5, 0.6) is 0 Å². The molecule has 19 heavy (non-hydrogen) atoms. The predicted molar refractivity (Wildman–Crippen MR) is 73.7 cm³/mol. The second kappa shape index (κ2) is 5.80. The summed E-state index contributed by atoms with van der Waals surface area (Å²) >= 11 is 0. The Bertz CT molecular complexity index is 322. The van der Waals surface area contributed by atoms with Crippen molar-refractivity contribution in [3.63, 3.8) is 0 Å². The number of likely N-dealkylation sites (tertiary alicyclic amines) is 1. The number of carbonyl (C=O) groups is 1. The highest BCUT2D eigenvalue weighted by Gasteiger charge is 2.35. The van der Waals surface area contributed by atoms with Crippen LogP contribution in [0.3, 0.4) is 0 Å². The van der Waals surface area contributed by atoms with Crippen molar-refractivity contribution >= 4 is 5.91 Å². The number of carbonyl (C=O) groups excluding carboxylic acids is 1. The molecule has 3 saturated heterocycles. The third kappa shape index (κ3) is 3.11. The fourth-order valence-electron chi connectivity index (χ4n) is 4.20. The van der Waals surface area contributed by atoms with Crippen molar-refractivity contribution in [1.29, 1.82) is 0 Å². The SMILES string of the molecule is O=C(CC1CC2CCC(C1)N2)N1CCC(CCO)C1. The van der Waals surface area contributed by atoms with Crippen LogP contribution in [-0.2, 0) is 4.79 Å². The van der Waals surface area contributed by atoms with Crippen LogP contribution < -0.4 is 5.32 Å². The number of nitrogens with one attached hydrogen (secondary N) is 1. The highest BCUT2D eigenvalue weighted by molar-refractivity contribution is 5.76. The van der Waals surface area contributed by atoms with Crippen molar-refractivity contribution in [3.8, 4) is 0 Å². The molecule has 0 spiro atoms. The van der Waals surface area contributed by atoms with E-state index in [9.17, 15) is 4.79 Å². The zero-order valence-corrected chi connectivity index (χ0v) is 11.7. The van der Waals surface area contributed by atoms with Gasteiger partial charge >= 0.3 is 0 Å². The van der Waals surface area contributed by atoms with Gasteiger partial charge in [-0.1, -0.05) is 0 Å². The van der Waals surface area contributed by atoms with E-state index in [0.717, 1.165) is 32.4 Å². The first-order valence-corrected chi connectivity index (χ1v) is 7.89. The van der Waals surface area contributed by atoms with Crippen LogP contribution in [0.2, 0.25) is 0 Å². The number of piperidine rings is 1. The quantitative estimate of drug-likeness (QED) is 0.802. The Morgan fingerprint density at radius 2 is 1.89 bits per heavy atom. The third-order valence-electron chi connectivity index (χ3n) is 5.21. The van der Waals surface area contributed by atoms with E-state index in [1.165, 1.54) is 25.7 Å². The molecule has 3 aliphatic heterocycles. The molecule has 2 bridgehead atoms. The standard InChI is InChI=1S/C15H26N2O2/c18-6-4-11-3-5-17(10-11)15(19)9-12-7-13-1-2-14(8-12)16-13/h11-14,16,18H,1-10H2. The number of hydrogen-bond donors (Lipinski definition) is 2. The maximum absolute atomic E-state index is 12.3. The molecule has 3 atom stereocenters. The van der Waals surface area contributed by atoms with Crippen molar-refractivity contribution < 1.29 is 9.90 Å². The van der Waals surface area contributed by atoms with Crippen LogP contribution in [0.1, 0.15) is 44.9 Å². The maximum atomic E-state index is 12.3. The largest absolute Gasteiger partial charge is 0.396 e. The second-order valence-electron chi connectivity index (χ2n) is 6.69. The number of aliphatic hydroxyl groups excluding tert-OH is 1. The molecule has 0 saturated carbocycles. The molecular formula is C15H26N2O2. The minimum Gasteiger partial charge on any atom is -0.396 e. The van der Waals surface area contributed by atoms with Gasteiger partial charge in [-0.2, -0.15) is 0 Å². The van der Waals surface area contributed by atoms with Crippen LogP contribution in [0.15, 0.2) is 0 Å². The first kappa shape index (κ1) is 13.4. The summed E-state index contributed by atoms with van der Waals surface area (Å²) in [7, 11) is 0. The molecule has 2 N–H and O–H groups in total. The summed E-state index contributed by atoms with van der Waals surface area (Å²) in [6.45, 7) is 2.03. The van der Waals surface area contributed by atoms with Crippen LogP contribution in [0.4, 0.5) is 0 Å². The smallest absolute Gasteiger partial charge is 0.222 e. The summed E-state index contributed by atoms with van der Waals surface area (Å²) in [4.78, 5) is 14.4. The van der Waals surface area contributed by atoms with Gasteiger partial charge < -0.3 is 15.3 Å². The van der Waals surface area contributed by atoms with Gasteiger partial charge in [0.2, 0.25) is 5.91 Å². The lowest BCUT2D eigenvalue weighted by atomic mass is 9.89. The van der Waals surface area contributed by atoms with Crippen molar-refractivity contribution in [2.45, 2.75) is 57.0 Å². The van der Waals surface area contributed by atoms with Gasteiger partial charge in [-0.25, -0.2) is 0 Å². The predicted octanol–water partition coefficient (Wildman–Crippen LogP) is 1.14. The first-order chi connectivity index (χ1) is 9.24. The normalized spacial score (nSPS) is 37.8.